The summed E-state index contributed by atoms with van der Waals surface area (Å²) in [5, 5.41) is 12.1. The Morgan fingerprint density at radius 2 is 1.45 bits per heavy atom. The van der Waals surface area contributed by atoms with E-state index in [0.29, 0.717) is 5.66 Å². The highest BCUT2D eigenvalue weighted by molar-refractivity contribution is 7.73. The third kappa shape index (κ3) is 3.79. The molecule has 0 fully saturated rings. The van der Waals surface area contributed by atoms with Gasteiger partial charge in [0, 0.05) is 12.3 Å². The second-order valence-corrected chi connectivity index (χ2v) is 7.08. The molecule has 104 valence electrons. The van der Waals surface area contributed by atoms with Gasteiger partial charge in [0.1, 0.15) is 0 Å². The van der Waals surface area contributed by atoms with Gasteiger partial charge in [0.25, 0.3) is 0 Å². The molecule has 2 heteroatoms. The van der Waals surface area contributed by atoms with Gasteiger partial charge in [-0.1, -0.05) is 72.8 Å². The minimum absolute atomic E-state index is 0.230. The van der Waals surface area contributed by atoms with Crippen molar-refractivity contribution < 1.29 is 5.11 Å². The van der Waals surface area contributed by atoms with E-state index in [1.807, 2.05) is 6.92 Å². The minimum Gasteiger partial charge on any atom is -0.396 e. The van der Waals surface area contributed by atoms with Gasteiger partial charge in [-0.3, -0.25) is 0 Å². The lowest BCUT2D eigenvalue weighted by atomic mass is 10.3. The lowest BCUT2D eigenvalue weighted by molar-refractivity contribution is 0.291. The zero-order valence-electron chi connectivity index (χ0n) is 11.8. The van der Waals surface area contributed by atoms with E-state index in [-0.39, 0.29) is 6.61 Å². The number of allylic oxidation sites excluding steroid dienone is 2. The largest absolute Gasteiger partial charge is 0.396 e. The number of hydrogen-bond acceptors (Lipinski definition) is 1. The van der Waals surface area contributed by atoms with Crippen molar-refractivity contribution in [2.45, 2.75) is 19.0 Å². The van der Waals surface area contributed by atoms with Gasteiger partial charge in [-0.05, 0) is 31.9 Å². The van der Waals surface area contributed by atoms with Crippen molar-refractivity contribution in [3.63, 3.8) is 0 Å². The van der Waals surface area contributed by atoms with Gasteiger partial charge in [-0.25, -0.2) is 0 Å². The Labute approximate surface area is 122 Å². The third-order valence-corrected chi connectivity index (χ3v) is 6.04. The van der Waals surface area contributed by atoms with Crippen molar-refractivity contribution in [3.05, 3.63) is 72.8 Å². The fraction of sp³-hybridized carbons (Fsp3) is 0.222. The first-order chi connectivity index (χ1) is 9.86. The van der Waals surface area contributed by atoms with Crippen LogP contribution < -0.4 is 10.6 Å². The molecule has 0 spiro atoms. The molecule has 20 heavy (non-hydrogen) atoms. The molecule has 1 nitrogen and oxygen atoms in total. The Morgan fingerprint density at radius 3 is 1.85 bits per heavy atom. The molecule has 1 atom stereocenters. The summed E-state index contributed by atoms with van der Waals surface area (Å²) in [6.45, 7) is 2.28. The summed E-state index contributed by atoms with van der Waals surface area (Å²) in [7, 11) is -0.473. The monoisotopic (exact) mass is 284 g/mol. The Bertz CT molecular complexity index is 482. The number of aliphatic hydroxyl groups excluding tert-OH is 1. The Hall–Kier alpha value is -1.43. The van der Waals surface area contributed by atoms with Crippen LogP contribution in [0.4, 0.5) is 0 Å². The van der Waals surface area contributed by atoms with Crippen LogP contribution in [0.1, 0.15) is 13.3 Å². The van der Waals surface area contributed by atoms with Gasteiger partial charge in [-0.15, -0.1) is 0 Å². The molecule has 0 aliphatic rings. The zero-order valence-corrected chi connectivity index (χ0v) is 12.7. The highest BCUT2D eigenvalue weighted by Gasteiger charge is 2.21. The second-order valence-electron chi connectivity index (χ2n) is 4.65. The van der Waals surface area contributed by atoms with Crippen molar-refractivity contribution in [2.75, 3.05) is 6.61 Å². The van der Waals surface area contributed by atoms with E-state index < -0.39 is 7.92 Å². The molecular formula is C18H21OP. The number of benzene rings is 2. The van der Waals surface area contributed by atoms with Crippen molar-refractivity contribution in [1.29, 1.82) is 0 Å². The van der Waals surface area contributed by atoms with E-state index in [1.165, 1.54) is 10.6 Å². The molecule has 0 bridgehead atoms. The highest BCUT2D eigenvalue weighted by atomic mass is 31.1. The zero-order chi connectivity index (χ0) is 14.2. The average molecular weight is 284 g/mol. The van der Waals surface area contributed by atoms with Gasteiger partial charge in [0.05, 0.1) is 0 Å². The van der Waals surface area contributed by atoms with E-state index in [2.05, 4.69) is 72.8 Å². The molecular weight excluding hydrogens is 263 g/mol. The maximum Gasteiger partial charge on any atom is 0.0440 e. The third-order valence-electron chi connectivity index (χ3n) is 3.24. The number of rotatable bonds is 6. The molecule has 0 saturated carbocycles. The second kappa shape index (κ2) is 7.99. The average Bonchev–Trinajstić information content (AvgIpc) is 2.50. The maximum atomic E-state index is 9.38. The van der Waals surface area contributed by atoms with Crippen LogP contribution in [0, 0.1) is 0 Å². The lowest BCUT2D eigenvalue weighted by Gasteiger charge is -2.26. The topological polar surface area (TPSA) is 20.2 Å². The minimum atomic E-state index is -0.473. The van der Waals surface area contributed by atoms with Gasteiger partial charge in [0.15, 0.2) is 0 Å². The van der Waals surface area contributed by atoms with Crippen molar-refractivity contribution >= 4 is 18.5 Å². The normalized spacial score (nSPS) is 12.9. The summed E-state index contributed by atoms with van der Waals surface area (Å²) in [5.74, 6) is 0. The summed E-state index contributed by atoms with van der Waals surface area (Å²) in [4.78, 5) is 0. The summed E-state index contributed by atoms with van der Waals surface area (Å²) in [6.07, 6.45) is 5.14. The van der Waals surface area contributed by atoms with E-state index in [4.69, 9.17) is 0 Å². The van der Waals surface area contributed by atoms with Crippen LogP contribution >= 0.6 is 7.92 Å². The Balaban J connectivity index is 2.43. The van der Waals surface area contributed by atoms with Crippen LogP contribution in [0.3, 0.4) is 0 Å². The molecule has 0 radical (unpaired) electrons. The van der Waals surface area contributed by atoms with Gasteiger partial charge in [-0.2, -0.15) is 0 Å². The first-order valence-corrected chi connectivity index (χ1v) is 8.41. The highest BCUT2D eigenvalue weighted by Crippen LogP contribution is 2.41. The molecule has 0 aromatic heterocycles. The number of aliphatic hydroxyl groups is 1. The predicted molar refractivity (Wildman–Crippen MR) is 89.4 cm³/mol. The first kappa shape index (κ1) is 15.0. The SMILES string of the molecule is C/C=C/[C@H](CCO)P(c1ccccc1)c1ccccc1. The summed E-state index contributed by atoms with van der Waals surface area (Å²) < 4.78 is 0. The van der Waals surface area contributed by atoms with E-state index in [1.54, 1.807) is 0 Å². The molecule has 0 aliphatic heterocycles. The smallest absolute Gasteiger partial charge is 0.0440 e. The molecule has 2 rings (SSSR count). The molecule has 0 unspecified atom stereocenters. The van der Waals surface area contributed by atoms with E-state index >= 15 is 0 Å². The summed E-state index contributed by atoms with van der Waals surface area (Å²) in [6, 6.07) is 21.3. The van der Waals surface area contributed by atoms with Crippen LogP contribution in [0.25, 0.3) is 0 Å². The van der Waals surface area contributed by atoms with Crippen LogP contribution in [0.15, 0.2) is 72.8 Å². The van der Waals surface area contributed by atoms with E-state index in [9.17, 15) is 5.11 Å². The maximum absolute atomic E-state index is 9.38. The Kier molecular flexibility index (Phi) is 5.98. The predicted octanol–water partition coefficient (Wildman–Crippen LogP) is 3.45. The van der Waals surface area contributed by atoms with Crippen LogP contribution in [-0.4, -0.2) is 17.4 Å². The van der Waals surface area contributed by atoms with Crippen LogP contribution in [0.2, 0.25) is 0 Å². The fourth-order valence-electron chi connectivity index (χ4n) is 2.38. The van der Waals surface area contributed by atoms with Crippen LogP contribution in [-0.2, 0) is 0 Å². The molecule has 0 heterocycles. The van der Waals surface area contributed by atoms with Crippen molar-refractivity contribution in [2.24, 2.45) is 0 Å². The van der Waals surface area contributed by atoms with Gasteiger partial charge >= 0.3 is 0 Å². The van der Waals surface area contributed by atoms with Crippen LogP contribution in [0.5, 0.6) is 0 Å². The summed E-state index contributed by atoms with van der Waals surface area (Å²) in [5.41, 5.74) is 0.379. The number of hydrogen-bond donors (Lipinski definition) is 1. The van der Waals surface area contributed by atoms with Gasteiger partial charge in [0.2, 0.25) is 0 Å². The van der Waals surface area contributed by atoms with Crippen molar-refractivity contribution in [1.82, 2.24) is 0 Å². The van der Waals surface area contributed by atoms with Gasteiger partial charge < -0.3 is 5.11 Å². The van der Waals surface area contributed by atoms with E-state index in [0.717, 1.165) is 6.42 Å². The molecule has 1 N–H and O–H groups in total. The first-order valence-electron chi connectivity index (χ1n) is 7.00. The molecule has 2 aromatic carbocycles. The molecule has 2 aromatic rings. The Morgan fingerprint density at radius 1 is 0.950 bits per heavy atom. The molecule has 0 saturated heterocycles. The molecule has 0 aliphatic carbocycles. The quantitative estimate of drug-likeness (QED) is 0.636. The molecule has 0 amide bonds. The summed E-state index contributed by atoms with van der Waals surface area (Å²) >= 11 is 0. The van der Waals surface area contributed by atoms with Crippen molar-refractivity contribution in [3.8, 4) is 0 Å². The standard InChI is InChI=1S/C18H21OP/c1-2-9-16(14-15-19)20(17-10-5-3-6-11-17)18-12-7-4-8-13-18/h2-13,16,19H,14-15H2,1H3/b9-2+/t16-/m1/s1. The fourth-order valence-corrected chi connectivity index (χ4v) is 5.14. The lowest BCUT2D eigenvalue weighted by Crippen LogP contribution is -2.21.